The van der Waals surface area contributed by atoms with E-state index in [-0.39, 0.29) is 0 Å². The maximum atomic E-state index is 10.3. The predicted molar refractivity (Wildman–Crippen MR) is 82.1 cm³/mol. The minimum absolute atomic E-state index is 0.422. The second-order valence-electron chi connectivity index (χ2n) is 5.28. The first-order valence-corrected chi connectivity index (χ1v) is 7.29. The molecule has 1 aromatic heterocycles. The van der Waals surface area contributed by atoms with Gasteiger partial charge >= 0.3 is 0 Å². The lowest BCUT2D eigenvalue weighted by molar-refractivity contribution is 0.109. The van der Waals surface area contributed by atoms with E-state index in [4.69, 9.17) is 0 Å². The lowest BCUT2D eigenvalue weighted by Gasteiger charge is -2.36. The highest BCUT2D eigenvalue weighted by molar-refractivity contribution is 5.35. The second-order valence-corrected chi connectivity index (χ2v) is 5.28. The molecule has 2 aromatic rings. The fourth-order valence-corrected chi connectivity index (χ4v) is 2.64. The summed E-state index contributed by atoms with van der Waals surface area (Å²) in [7, 11) is 0. The van der Waals surface area contributed by atoms with Crippen LogP contribution in [0.5, 0.6) is 0 Å². The number of benzene rings is 1. The zero-order chi connectivity index (χ0) is 14.5. The summed E-state index contributed by atoms with van der Waals surface area (Å²) in [6.07, 6.45) is 4.79. The van der Waals surface area contributed by atoms with Crippen LogP contribution in [0.1, 0.15) is 11.7 Å². The van der Waals surface area contributed by atoms with E-state index in [2.05, 4.69) is 19.8 Å². The first-order valence-electron chi connectivity index (χ1n) is 7.29. The fraction of sp³-hybridized carbons (Fsp3) is 0.375. The van der Waals surface area contributed by atoms with E-state index >= 15 is 0 Å². The second kappa shape index (κ2) is 6.65. The van der Waals surface area contributed by atoms with Crippen LogP contribution in [0.15, 0.2) is 48.9 Å². The van der Waals surface area contributed by atoms with Gasteiger partial charge in [-0.05, 0) is 5.56 Å². The molecule has 110 valence electrons. The number of hydrogen-bond acceptors (Lipinski definition) is 5. The maximum absolute atomic E-state index is 10.3. The molecule has 2 heterocycles. The number of hydrogen-bond donors (Lipinski definition) is 1. The van der Waals surface area contributed by atoms with Gasteiger partial charge in [0.25, 0.3) is 0 Å². The van der Waals surface area contributed by atoms with E-state index < -0.39 is 6.10 Å². The lowest BCUT2D eigenvalue weighted by Crippen LogP contribution is -2.47. The minimum atomic E-state index is -0.422. The third-order valence-corrected chi connectivity index (χ3v) is 3.86. The van der Waals surface area contributed by atoms with Gasteiger partial charge in [-0.15, -0.1) is 0 Å². The molecule has 5 heteroatoms. The Morgan fingerprint density at radius 3 is 2.48 bits per heavy atom. The Balaban J connectivity index is 1.52. The normalized spacial score (nSPS) is 17.7. The van der Waals surface area contributed by atoms with Crippen LogP contribution in [0.4, 0.5) is 5.82 Å². The third-order valence-electron chi connectivity index (χ3n) is 3.86. The highest BCUT2D eigenvalue weighted by atomic mass is 16.3. The molecule has 1 aromatic carbocycles. The molecule has 5 nitrogen and oxygen atoms in total. The van der Waals surface area contributed by atoms with Crippen LogP contribution in [0.25, 0.3) is 0 Å². The summed E-state index contributed by atoms with van der Waals surface area (Å²) in [5.74, 6) is 0.931. The molecule has 1 N–H and O–H groups in total. The number of rotatable bonds is 4. The molecule has 0 saturated carbocycles. The number of aliphatic hydroxyl groups is 1. The molecule has 21 heavy (non-hydrogen) atoms. The number of β-amino-alcohol motifs (C(OH)–C–C–N with tert-alkyl or cyclic N) is 1. The van der Waals surface area contributed by atoms with Crippen LogP contribution in [-0.4, -0.2) is 52.7 Å². The van der Waals surface area contributed by atoms with Gasteiger partial charge in [0.1, 0.15) is 5.82 Å². The molecule has 0 radical (unpaired) electrons. The van der Waals surface area contributed by atoms with Crippen molar-refractivity contribution in [3.8, 4) is 0 Å². The quantitative estimate of drug-likeness (QED) is 0.918. The zero-order valence-corrected chi connectivity index (χ0v) is 12.0. The molecule has 1 aliphatic heterocycles. The Labute approximate surface area is 124 Å². The van der Waals surface area contributed by atoms with Gasteiger partial charge in [-0.1, -0.05) is 30.3 Å². The summed E-state index contributed by atoms with van der Waals surface area (Å²) in [6, 6.07) is 9.84. The van der Waals surface area contributed by atoms with Gasteiger partial charge in [0, 0.05) is 45.1 Å². The average molecular weight is 284 g/mol. The summed E-state index contributed by atoms with van der Waals surface area (Å²) >= 11 is 0. The highest BCUT2D eigenvalue weighted by Crippen LogP contribution is 2.16. The van der Waals surface area contributed by atoms with E-state index in [9.17, 15) is 5.11 Å². The Morgan fingerprint density at radius 2 is 1.81 bits per heavy atom. The van der Waals surface area contributed by atoms with Gasteiger partial charge in [-0.3, -0.25) is 9.88 Å². The molecule has 0 spiro atoms. The van der Waals surface area contributed by atoms with Crippen LogP contribution in [0.2, 0.25) is 0 Å². The van der Waals surface area contributed by atoms with E-state index in [1.165, 1.54) is 0 Å². The standard InChI is InChI=1S/C16H20N4O/c21-15(14-4-2-1-3-5-14)13-19-8-10-20(11-9-19)16-12-17-6-7-18-16/h1-7,12,15,21H,8-11,13H2/t15-/m1/s1. The molecule has 1 atom stereocenters. The van der Waals surface area contributed by atoms with Gasteiger partial charge in [-0.2, -0.15) is 0 Å². The lowest BCUT2D eigenvalue weighted by atomic mass is 10.1. The summed E-state index contributed by atoms with van der Waals surface area (Å²) in [6.45, 7) is 4.37. The van der Waals surface area contributed by atoms with Crippen molar-refractivity contribution in [1.82, 2.24) is 14.9 Å². The molecule has 1 aliphatic rings. The van der Waals surface area contributed by atoms with Crippen LogP contribution in [-0.2, 0) is 0 Å². The Kier molecular flexibility index (Phi) is 4.43. The van der Waals surface area contributed by atoms with Gasteiger partial charge < -0.3 is 10.0 Å². The number of anilines is 1. The van der Waals surface area contributed by atoms with Gasteiger partial charge in [0.2, 0.25) is 0 Å². The van der Waals surface area contributed by atoms with Crippen molar-refractivity contribution in [3.05, 3.63) is 54.5 Å². The third kappa shape index (κ3) is 3.56. The smallest absolute Gasteiger partial charge is 0.147 e. The van der Waals surface area contributed by atoms with Crippen LogP contribution in [0.3, 0.4) is 0 Å². The summed E-state index contributed by atoms with van der Waals surface area (Å²) in [5.41, 5.74) is 0.980. The monoisotopic (exact) mass is 284 g/mol. The molecule has 0 bridgehead atoms. The maximum Gasteiger partial charge on any atom is 0.147 e. The predicted octanol–water partition coefficient (Wildman–Crippen LogP) is 1.33. The number of aromatic nitrogens is 2. The average Bonchev–Trinajstić information content (AvgIpc) is 2.57. The fourth-order valence-electron chi connectivity index (χ4n) is 2.64. The van der Waals surface area contributed by atoms with Crippen molar-refractivity contribution in [2.45, 2.75) is 6.10 Å². The largest absolute Gasteiger partial charge is 0.387 e. The molecule has 3 rings (SSSR count). The van der Waals surface area contributed by atoms with Gasteiger partial charge in [0.15, 0.2) is 0 Å². The van der Waals surface area contributed by atoms with Crippen molar-refractivity contribution in [3.63, 3.8) is 0 Å². The van der Waals surface area contributed by atoms with Crippen molar-refractivity contribution >= 4 is 5.82 Å². The van der Waals surface area contributed by atoms with Crippen LogP contribution in [0, 0.1) is 0 Å². The van der Waals surface area contributed by atoms with E-state index in [0.717, 1.165) is 37.6 Å². The Morgan fingerprint density at radius 1 is 1.05 bits per heavy atom. The van der Waals surface area contributed by atoms with Crippen LogP contribution >= 0.6 is 0 Å². The first-order chi connectivity index (χ1) is 10.3. The Bertz CT molecular complexity index is 541. The van der Waals surface area contributed by atoms with Crippen molar-refractivity contribution in [1.29, 1.82) is 0 Å². The molecule has 0 aliphatic carbocycles. The van der Waals surface area contributed by atoms with Crippen molar-refractivity contribution < 1.29 is 5.11 Å². The first kappa shape index (κ1) is 14.0. The molecule has 0 amide bonds. The molecule has 1 saturated heterocycles. The van der Waals surface area contributed by atoms with Crippen molar-refractivity contribution in [2.75, 3.05) is 37.6 Å². The topological polar surface area (TPSA) is 52.5 Å². The van der Waals surface area contributed by atoms with E-state index in [0.29, 0.717) is 6.54 Å². The van der Waals surface area contributed by atoms with E-state index in [1.54, 1.807) is 18.6 Å². The molecular formula is C16H20N4O. The highest BCUT2D eigenvalue weighted by Gasteiger charge is 2.20. The summed E-state index contributed by atoms with van der Waals surface area (Å²) in [5, 5.41) is 10.3. The summed E-state index contributed by atoms with van der Waals surface area (Å²) in [4.78, 5) is 13.0. The minimum Gasteiger partial charge on any atom is -0.387 e. The van der Waals surface area contributed by atoms with Gasteiger partial charge in [0.05, 0.1) is 12.3 Å². The molecule has 1 fully saturated rings. The number of piperazine rings is 1. The number of aliphatic hydroxyl groups excluding tert-OH is 1. The van der Waals surface area contributed by atoms with Crippen LogP contribution < -0.4 is 4.90 Å². The molecular weight excluding hydrogens is 264 g/mol. The Hall–Kier alpha value is -1.98. The summed E-state index contributed by atoms with van der Waals surface area (Å²) < 4.78 is 0. The van der Waals surface area contributed by atoms with E-state index in [1.807, 2.05) is 30.3 Å². The molecule has 0 unspecified atom stereocenters. The van der Waals surface area contributed by atoms with Crippen molar-refractivity contribution in [2.24, 2.45) is 0 Å². The zero-order valence-electron chi connectivity index (χ0n) is 12.0. The number of nitrogens with zero attached hydrogens (tertiary/aromatic N) is 4. The van der Waals surface area contributed by atoms with Gasteiger partial charge in [-0.25, -0.2) is 4.98 Å². The SMILES string of the molecule is O[C@H](CN1CCN(c2cnccn2)CC1)c1ccccc1.